The van der Waals surface area contributed by atoms with Crippen LogP contribution in [0.15, 0.2) is 0 Å². The van der Waals surface area contributed by atoms with Gasteiger partial charge in [-0.1, -0.05) is 6.92 Å². The molecule has 3 heterocycles. The van der Waals surface area contributed by atoms with E-state index in [9.17, 15) is 40.9 Å². The van der Waals surface area contributed by atoms with Crippen molar-refractivity contribution in [2.45, 2.75) is 86.5 Å². The van der Waals surface area contributed by atoms with E-state index in [1.807, 2.05) is 21.1 Å². The summed E-state index contributed by atoms with van der Waals surface area (Å²) in [6.45, 7) is 1.26. The van der Waals surface area contributed by atoms with E-state index in [1.165, 1.54) is 14.2 Å². The van der Waals surface area contributed by atoms with E-state index in [4.69, 9.17) is 37.9 Å². The van der Waals surface area contributed by atoms with Crippen molar-refractivity contribution in [3.05, 3.63) is 0 Å². The van der Waals surface area contributed by atoms with Crippen LogP contribution in [0.3, 0.4) is 0 Å². The molecular weight excluding hydrogens is 678 g/mol. The van der Waals surface area contributed by atoms with Crippen LogP contribution in [0.1, 0.15) is 8.35 Å². The fraction of sp³-hybridized carbons (Fsp3) is 1.00. The molecule has 3 rings (SSSR count). The number of nitrogens with zero attached hydrogens (tertiary/aromatic N) is 1. The molecule has 0 aromatic rings. The summed E-state index contributed by atoms with van der Waals surface area (Å²) in [6.07, 6.45) is -14.1. The highest BCUT2D eigenvalue weighted by Gasteiger charge is 2.48. The van der Waals surface area contributed by atoms with Crippen molar-refractivity contribution in [1.29, 1.82) is 0 Å². The summed E-state index contributed by atoms with van der Waals surface area (Å²) in [7, 11) is 8.71. The monoisotopic (exact) mass is 739 g/mol. The Hall–Kier alpha value is -0.390. The number of quaternary nitrogens is 1. The first-order chi connectivity index (χ1) is 22.6. The minimum absolute atomic E-state index is 0. The van der Waals surface area contributed by atoms with E-state index in [0.717, 1.165) is 0 Å². The SMILES string of the molecule is COCC1OC(CO)C(COCC2OC(COC3OC(COCC(O)C[N+](C)(C)C)C(C)C(O)C3O)C(COC)C(O)C2O)C(O)C1O.[Cl-].[HH]. The molecule has 0 aliphatic carbocycles. The Balaban J connectivity index is 0.00000625. The van der Waals surface area contributed by atoms with Crippen LogP contribution in [0.4, 0.5) is 0 Å². The van der Waals surface area contributed by atoms with Crippen LogP contribution >= 0.6 is 0 Å². The summed E-state index contributed by atoms with van der Waals surface area (Å²) in [5, 5.41) is 84.6. The lowest BCUT2D eigenvalue weighted by atomic mass is 9.87. The number of halogens is 1. The second-order valence-corrected chi connectivity index (χ2v) is 14.2. The van der Waals surface area contributed by atoms with Gasteiger partial charge in [0.05, 0.1) is 111 Å². The third kappa shape index (κ3) is 12.3. The normalized spacial score (nSPS) is 40.9. The molecule has 0 amide bonds. The highest BCUT2D eigenvalue weighted by atomic mass is 35.5. The zero-order valence-electron chi connectivity index (χ0n) is 29.3. The zero-order valence-corrected chi connectivity index (χ0v) is 30.0. The Kier molecular flexibility index (Phi) is 19.0. The molecule has 3 aliphatic rings. The molecule has 16 unspecified atom stereocenters. The van der Waals surface area contributed by atoms with E-state index in [0.29, 0.717) is 11.0 Å². The van der Waals surface area contributed by atoms with Gasteiger partial charge in [0.2, 0.25) is 0 Å². The Bertz CT molecular complexity index is 926. The van der Waals surface area contributed by atoms with Crippen molar-refractivity contribution in [1.82, 2.24) is 0 Å². The van der Waals surface area contributed by atoms with Crippen LogP contribution in [-0.2, 0) is 37.9 Å². The predicted octanol–water partition coefficient (Wildman–Crippen LogP) is -7.07. The van der Waals surface area contributed by atoms with Gasteiger partial charge in [-0.15, -0.1) is 0 Å². The zero-order chi connectivity index (χ0) is 35.8. The fourth-order valence-electron chi connectivity index (χ4n) is 6.50. The molecule has 16 atom stereocenters. The molecule has 17 nitrogen and oxygen atoms in total. The summed E-state index contributed by atoms with van der Waals surface area (Å²) < 4.78 is 45.9. The van der Waals surface area contributed by atoms with Gasteiger partial charge in [0.1, 0.15) is 43.2 Å². The molecule has 49 heavy (non-hydrogen) atoms. The van der Waals surface area contributed by atoms with E-state index >= 15 is 0 Å². The lowest BCUT2D eigenvalue weighted by Gasteiger charge is -2.45. The average molecular weight is 740 g/mol. The Morgan fingerprint density at radius 1 is 0.633 bits per heavy atom. The topological polar surface area (TPSA) is 236 Å². The molecule has 3 fully saturated rings. The van der Waals surface area contributed by atoms with Crippen LogP contribution in [-0.4, -0.2) is 220 Å². The molecule has 0 saturated carbocycles. The molecule has 0 aromatic heterocycles. The Morgan fingerprint density at radius 3 is 1.76 bits per heavy atom. The number of ether oxygens (including phenoxy) is 8. The maximum Gasteiger partial charge on any atom is 0.186 e. The molecule has 3 aliphatic heterocycles. The van der Waals surface area contributed by atoms with Crippen molar-refractivity contribution in [2.75, 3.05) is 94.8 Å². The molecule has 18 heteroatoms. The maximum atomic E-state index is 11.0. The summed E-state index contributed by atoms with van der Waals surface area (Å²) in [4.78, 5) is 0. The van der Waals surface area contributed by atoms with Crippen molar-refractivity contribution < 1.29 is 97.1 Å². The van der Waals surface area contributed by atoms with Gasteiger partial charge < -0.3 is 95.6 Å². The molecular formula is C31H62ClNO16. The standard InChI is InChI=1S/C31H60NO16.ClH.H2/c1-16-21(13-43-9-17(34)7-32(2,3)4)48-31(30(40)25(16)35)45-15-22-18(10-41-5)26(36)29(39)24(47-22)14-44-11-19-20(8-33)46-23(12-42-6)28(38)27(19)37;;/h16-31,33-40H,7-15H2,1-6H3;2*1H/q+1;;/p-1. The Morgan fingerprint density at radius 2 is 1.18 bits per heavy atom. The van der Waals surface area contributed by atoms with Crippen LogP contribution in [0.25, 0.3) is 0 Å². The van der Waals surface area contributed by atoms with Crippen molar-refractivity contribution in [3.8, 4) is 0 Å². The van der Waals surface area contributed by atoms with E-state index in [2.05, 4.69) is 0 Å². The van der Waals surface area contributed by atoms with Crippen LogP contribution in [0.5, 0.6) is 0 Å². The molecule has 3 saturated heterocycles. The number of hydrogen-bond donors (Lipinski definition) is 8. The number of hydrogen-bond acceptors (Lipinski definition) is 16. The summed E-state index contributed by atoms with van der Waals surface area (Å²) in [5.41, 5.74) is 0. The third-order valence-electron chi connectivity index (χ3n) is 9.29. The number of methoxy groups -OCH3 is 2. The minimum Gasteiger partial charge on any atom is -1.00 e. The van der Waals surface area contributed by atoms with Gasteiger partial charge in [-0.3, -0.25) is 0 Å². The smallest absolute Gasteiger partial charge is 0.186 e. The first kappa shape index (κ1) is 44.8. The number of aliphatic hydroxyl groups excluding tert-OH is 8. The second kappa shape index (κ2) is 20.7. The first-order valence-electron chi connectivity index (χ1n) is 16.5. The molecule has 294 valence electrons. The molecule has 0 aromatic carbocycles. The average Bonchev–Trinajstić information content (AvgIpc) is 3.02. The molecule has 0 spiro atoms. The second-order valence-electron chi connectivity index (χ2n) is 14.2. The lowest BCUT2D eigenvalue weighted by molar-refractivity contribution is -0.873. The van der Waals surface area contributed by atoms with Gasteiger partial charge in [0.15, 0.2) is 6.29 Å². The van der Waals surface area contributed by atoms with Crippen LogP contribution < -0.4 is 12.4 Å². The highest BCUT2D eigenvalue weighted by molar-refractivity contribution is 4.94. The summed E-state index contributed by atoms with van der Waals surface area (Å²) in [5.74, 6) is -2.06. The fourth-order valence-corrected chi connectivity index (χ4v) is 6.50. The molecule has 0 radical (unpaired) electrons. The van der Waals surface area contributed by atoms with Gasteiger partial charge in [0.25, 0.3) is 0 Å². The van der Waals surface area contributed by atoms with Crippen LogP contribution in [0, 0.1) is 17.8 Å². The van der Waals surface area contributed by atoms with Gasteiger partial charge in [0, 0.05) is 33.4 Å². The summed E-state index contributed by atoms with van der Waals surface area (Å²) in [6, 6.07) is 0. The maximum absolute atomic E-state index is 11.0. The van der Waals surface area contributed by atoms with E-state index in [1.54, 1.807) is 6.92 Å². The Labute approximate surface area is 296 Å². The first-order valence-corrected chi connectivity index (χ1v) is 16.5. The van der Waals surface area contributed by atoms with Gasteiger partial charge in [-0.25, -0.2) is 0 Å². The number of likely N-dealkylation sites (N-methyl/N-ethyl adjacent to an activating group) is 1. The summed E-state index contributed by atoms with van der Waals surface area (Å²) >= 11 is 0. The van der Waals surface area contributed by atoms with Gasteiger partial charge >= 0.3 is 0 Å². The van der Waals surface area contributed by atoms with Gasteiger partial charge in [-0.05, 0) is 0 Å². The number of aliphatic hydroxyl groups is 8. The quantitative estimate of drug-likeness (QED) is 0.0610. The van der Waals surface area contributed by atoms with Gasteiger partial charge in [-0.2, -0.15) is 0 Å². The minimum atomic E-state index is -1.40. The molecule has 8 N–H and O–H groups in total. The van der Waals surface area contributed by atoms with Crippen molar-refractivity contribution in [3.63, 3.8) is 0 Å². The third-order valence-corrected chi connectivity index (χ3v) is 9.29. The van der Waals surface area contributed by atoms with Crippen LogP contribution in [0.2, 0.25) is 0 Å². The number of rotatable bonds is 18. The molecule has 0 bridgehead atoms. The highest BCUT2D eigenvalue weighted by Crippen LogP contribution is 2.32. The van der Waals surface area contributed by atoms with Crippen molar-refractivity contribution >= 4 is 0 Å². The lowest BCUT2D eigenvalue weighted by Crippen LogP contribution is -3.00. The largest absolute Gasteiger partial charge is 1.00 e. The van der Waals surface area contributed by atoms with E-state index in [-0.39, 0.29) is 60.1 Å². The predicted molar refractivity (Wildman–Crippen MR) is 168 cm³/mol. The van der Waals surface area contributed by atoms with E-state index < -0.39 is 104 Å². The van der Waals surface area contributed by atoms with Crippen molar-refractivity contribution in [2.24, 2.45) is 17.8 Å².